The van der Waals surface area contributed by atoms with Gasteiger partial charge in [0.05, 0.1) is 107 Å². The van der Waals surface area contributed by atoms with Gasteiger partial charge >= 0.3 is 26.0 Å². The number of likely N-dealkylation sites (N-methyl/N-ethyl adjacent to an activating group) is 2. The van der Waals surface area contributed by atoms with Crippen molar-refractivity contribution in [2.24, 2.45) is 11.7 Å². The summed E-state index contributed by atoms with van der Waals surface area (Å²) in [5.74, 6) is -4.01. The molecule has 32 nitrogen and oxygen atoms in total. The minimum Gasteiger partial charge on any atom is -0.445 e. The number of nitrogens with two attached hydrogens (primary N) is 1. The van der Waals surface area contributed by atoms with E-state index in [-0.39, 0.29) is 148 Å². The topological polar surface area (TPSA) is 402 Å². The van der Waals surface area contributed by atoms with E-state index in [0.717, 1.165) is 27.4 Å². The van der Waals surface area contributed by atoms with E-state index in [1.165, 1.54) is 47.0 Å². The van der Waals surface area contributed by atoms with Gasteiger partial charge in [0, 0.05) is 118 Å². The van der Waals surface area contributed by atoms with E-state index in [4.69, 9.17) is 71.4 Å². The molecule has 6 aromatic rings. The molecule has 0 aliphatic carbocycles. The van der Waals surface area contributed by atoms with Crippen LogP contribution in [-0.4, -0.2) is 241 Å². The zero-order valence-corrected chi connectivity index (χ0v) is 65.0. The van der Waals surface area contributed by atoms with Crippen LogP contribution in [0.4, 0.5) is 31.4 Å². The molecule has 0 radical (unpaired) electrons. The number of nitrogens with one attached hydrogen (secondary N) is 4. The summed E-state index contributed by atoms with van der Waals surface area (Å²) in [6.45, 7) is 7.38. The Labute approximate surface area is 654 Å². The van der Waals surface area contributed by atoms with Crippen molar-refractivity contribution in [3.8, 4) is 11.5 Å². The Kier molecular flexibility index (Phi) is 32.2. The number of rotatable bonds is 43. The van der Waals surface area contributed by atoms with Gasteiger partial charge in [0.1, 0.15) is 30.2 Å². The number of alkyl halides is 2. The Morgan fingerprint density at radius 3 is 1.59 bits per heavy atom. The molecule has 0 saturated heterocycles. The summed E-state index contributed by atoms with van der Waals surface area (Å²) in [6.07, 6.45) is 1.24. The molecule has 0 bridgehead atoms. The number of phosphoric ester groups is 1. The molecular weight excluding hydrogens is 1530 g/mol. The number of urea groups is 1. The van der Waals surface area contributed by atoms with E-state index in [1.807, 2.05) is 12.1 Å². The van der Waals surface area contributed by atoms with Crippen molar-refractivity contribution in [2.75, 3.05) is 160 Å². The lowest BCUT2D eigenvalue weighted by molar-refractivity contribution is -0.137. The van der Waals surface area contributed by atoms with Gasteiger partial charge in [-0.15, -0.1) is 34.5 Å². The molecule has 5 aromatic carbocycles. The van der Waals surface area contributed by atoms with Gasteiger partial charge in [-0.3, -0.25) is 48.2 Å². The zero-order valence-electron chi connectivity index (χ0n) is 61.7. The number of carbonyl (C=O) groups excluding carboxylic acids is 10. The molecule has 9 rings (SSSR count). The third kappa shape index (κ3) is 24.1. The third-order valence-corrected chi connectivity index (χ3v) is 20.3. The number of primary amides is 1. The highest BCUT2D eigenvalue weighted by Crippen LogP contribution is 2.50. The number of phosphoric acid groups is 1. The van der Waals surface area contributed by atoms with Gasteiger partial charge in [-0.05, 0) is 70.5 Å². The molecule has 0 fully saturated rings. The molecule has 0 spiro atoms. The second-order valence-electron chi connectivity index (χ2n) is 26.3. The normalized spacial score (nSPS) is 15.0. The van der Waals surface area contributed by atoms with Crippen molar-refractivity contribution < 1.29 is 105 Å². The summed E-state index contributed by atoms with van der Waals surface area (Å²) >= 11 is 14.1. The molecule has 3 aliphatic rings. The van der Waals surface area contributed by atoms with E-state index >= 15 is 0 Å². The number of imide groups is 1. The maximum Gasteiger partial charge on any atom is 0.524 e. The molecule has 4 heterocycles. The molecule has 4 unspecified atom stereocenters. The van der Waals surface area contributed by atoms with Crippen molar-refractivity contribution in [2.45, 2.75) is 63.6 Å². The van der Waals surface area contributed by atoms with Crippen LogP contribution >= 0.6 is 42.4 Å². The third-order valence-electron chi connectivity index (χ3n) is 18.1. The van der Waals surface area contributed by atoms with Crippen molar-refractivity contribution >= 4 is 141 Å². The molecule has 11 amide bonds. The number of halogens is 2. The van der Waals surface area contributed by atoms with Gasteiger partial charge in [0.2, 0.25) is 17.7 Å². The van der Waals surface area contributed by atoms with Crippen LogP contribution in [0.2, 0.25) is 0 Å². The van der Waals surface area contributed by atoms with Crippen LogP contribution < -0.4 is 46.1 Å². The first-order valence-electron chi connectivity index (χ1n) is 35.9. The van der Waals surface area contributed by atoms with Crippen LogP contribution in [0.25, 0.3) is 21.5 Å². The Bertz CT molecular complexity index is 4360. The largest absolute Gasteiger partial charge is 0.524 e. The highest BCUT2D eigenvalue weighted by molar-refractivity contribution is 7.46. The maximum absolute atomic E-state index is 14.7. The monoisotopic (exact) mass is 1620 g/mol. The van der Waals surface area contributed by atoms with E-state index in [0.29, 0.717) is 97.0 Å². The molecule has 0 saturated carbocycles. The Balaban J connectivity index is 0.689. The fourth-order valence-corrected chi connectivity index (χ4v) is 14.2. The standard InChI is InChI=1S/C75H91Cl2N10O22PS/c1-47(2)68(82-63(88)23-28-101-30-32-103-34-36-105-38-39-106-37-35-104-33-31-102-29-27-85-64(89)21-22-65(85)90)70(92)81-56(14-9-24-79-73(78)95)69(91)80-51-17-15-48(16-18-51)46-107-74(96)83(3)25-26-84(4)75(97)108-59-40-57-66(54-12-7-5-10-52(54)59)49(42-76)44-86(57)71(93)61-19-20-62(111-61)72(94)87-45-50(43-77)67-55-13-8-6-11-53(55)60(41-58(67)87)109-110(98,99)100/h5-8,10-13,15-22,40-41,47,49-50,56,68H,9,14,23-39,42-46H2,1-4H3,(H,80,91)(H,81,92)(H,82,88)(H3,78,79,95)(H2,98,99,100). The summed E-state index contributed by atoms with van der Waals surface area (Å²) in [7, 11) is -2.02. The Morgan fingerprint density at radius 1 is 0.622 bits per heavy atom. The number of ether oxygens (including phenoxy) is 8. The van der Waals surface area contributed by atoms with E-state index in [2.05, 4.69) is 21.3 Å². The predicted molar refractivity (Wildman–Crippen MR) is 413 cm³/mol. The first-order chi connectivity index (χ1) is 53.3. The average Bonchev–Trinajstić information content (AvgIpc) is 1.61. The fourth-order valence-electron chi connectivity index (χ4n) is 12.4. The number of benzene rings is 5. The molecule has 598 valence electrons. The minimum absolute atomic E-state index is 0.00812. The summed E-state index contributed by atoms with van der Waals surface area (Å²) in [6, 6.07) is 23.8. The van der Waals surface area contributed by atoms with Gasteiger partial charge in [0.25, 0.3) is 23.6 Å². The summed E-state index contributed by atoms with van der Waals surface area (Å²) in [5.41, 5.74) is 8.46. The second-order valence-corrected chi connectivity index (χ2v) is 29.2. The highest BCUT2D eigenvalue weighted by atomic mass is 35.5. The summed E-state index contributed by atoms with van der Waals surface area (Å²) < 4.78 is 61.8. The molecular formula is C75H91Cl2N10O22PS. The van der Waals surface area contributed by atoms with Crippen molar-refractivity contribution in [1.29, 1.82) is 0 Å². The van der Waals surface area contributed by atoms with Crippen LogP contribution in [0.15, 0.2) is 109 Å². The molecule has 4 atom stereocenters. The first-order valence-corrected chi connectivity index (χ1v) is 39.3. The van der Waals surface area contributed by atoms with Gasteiger partial charge in [-0.1, -0.05) is 74.5 Å². The quantitative estimate of drug-likeness (QED) is 0.00837. The lowest BCUT2D eigenvalue weighted by Crippen LogP contribution is -2.54. The highest BCUT2D eigenvalue weighted by Gasteiger charge is 2.40. The average molecular weight is 1620 g/mol. The molecule has 8 N–H and O–H groups in total. The summed E-state index contributed by atoms with van der Waals surface area (Å²) in [4.78, 5) is 158. The molecule has 1 aromatic heterocycles. The summed E-state index contributed by atoms with van der Waals surface area (Å²) in [5, 5.41) is 13.1. The Morgan fingerprint density at radius 2 is 1.10 bits per heavy atom. The number of hydrogen-bond acceptors (Lipinski definition) is 21. The smallest absolute Gasteiger partial charge is 0.445 e. The minimum atomic E-state index is -5.01. The SMILES string of the molecule is CC(C)C(NC(=O)CCOCCOCCOCCOCCOCCOCCN1C(=O)C=CC1=O)C(=O)NC(CCCNC(N)=O)C(=O)Nc1ccc(COC(=O)N(C)CCN(C)C(=O)Oc2cc3c(c4ccccc24)C(CCl)CN3C(=O)c2ccc(C(=O)N3CC(CCl)c4c3cc(OP(=O)(O)O)c3ccccc43)s2)cc1. The zero-order chi connectivity index (χ0) is 79.7. The van der Waals surface area contributed by atoms with Crippen molar-refractivity contribution in [3.05, 3.63) is 136 Å². The lowest BCUT2D eigenvalue weighted by atomic mass is 9.95. The van der Waals surface area contributed by atoms with E-state index < -0.39 is 73.6 Å². The van der Waals surface area contributed by atoms with E-state index in [1.54, 1.807) is 97.6 Å². The number of anilines is 3. The van der Waals surface area contributed by atoms with Crippen molar-refractivity contribution in [3.63, 3.8) is 0 Å². The molecule has 36 heteroatoms. The number of hydrogen-bond donors (Lipinski definition) is 7. The Hall–Kier alpha value is -9.35. The number of thiophene rings is 1. The molecule has 111 heavy (non-hydrogen) atoms. The van der Waals surface area contributed by atoms with Gasteiger partial charge in [-0.2, -0.15) is 0 Å². The van der Waals surface area contributed by atoms with Gasteiger partial charge in [0.15, 0.2) is 0 Å². The number of fused-ring (bicyclic) bond motifs is 6. The van der Waals surface area contributed by atoms with E-state index in [9.17, 15) is 62.3 Å². The predicted octanol–water partition coefficient (Wildman–Crippen LogP) is 7.62. The van der Waals surface area contributed by atoms with Crippen molar-refractivity contribution in [1.82, 2.24) is 30.7 Å². The molecule has 3 aliphatic heterocycles. The number of carbonyl (C=O) groups is 10. The maximum atomic E-state index is 14.7. The van der Waals surface area contributed by atoms with Crippen LogP contribution in [0.1, 0.15) is 81.0 Å². The number of amides is 11. The lowest BCUT2D eigenvalue weighted by Gasteiger charge is -2.25. The van der Waals surface area contributed by atoms with Gasteiger partial charge < -0.3 is 89.0 Å². The van der Waals surface area contributed by atoms with Gasteiger partial charge in [-0.25, -0.2) is 18.9 Å². The van der Waals surface area contributed by atoms with Crippen LogP contribution in [0, 0.1) is 5.92 Å². The fraction of sp³-hybridized carbons (Fsp3) is 0.440. The second kappa shape index (κ2) is 41.8. The van der Waals surface area contributed by atoms with Crippen LogP contribution in [-0.2, 0) is 68.3 Å². The number of nitrogens with zero attached hydrogens (tertiary/aromatic N) is 5. The first kappa shape index (κ1) is 85.6. The van der Waals surface area contributed by atoms with Crippen LogP contribution in [0.5, 0.6) is 11.5 Å². The van der Waals surface area contributed by atoms with Crippen LogP contribution in [0.3, 0.4) is 0 Å².